The van der Waals surface area contributed by atoms with Crippen LogP contribution in [0.3, 0.4) is 0 Å². The summed E-state index contributed by atoms with van der Waals surface area (Å²) in [6.07, 6.45) is 6.04. The monoisotopic (exact) mass is 288 g/mol. The maximum atomic E-state index is 11.8. The van der Waals surface area contributed by atoms with E-state index >= 15 is 0 Å². The summed E-state index contributed by atoms with van der Waals surface area (Å²) in [6.45, 7) is 0. The number of ketones is 1. The van der Waals surface area contributed by atoms with Crippen LogP contribution in [0.4, 0.5) is 0 Å². The number of carbonyl (C=O) groups is 1. The van der Waals surface area contributed by atoms with Crippen LogP contribution in [0.25, 0.3) is 5.57 Å². The Balaban J connectivity index is 1.92. The van der Waals surface area contributed by atoms with Gasteiger partial charge in [-0.3, -0.25) is 4.79 Å². The lowest BCUT2D eigenvalue weighted by Gasteiger charge is -2.18. The number of hydrogen-bond acceptors (Lipinski definition) is 1. The molecule has 0 N–H and O–H groups in total. The van der Waals surface area contributed by atoms with Crippen molar-refractivity contribution in [2.75, 3.05) is 0 Å². The summed E-state index contributed by atoms with van der Waals surface area (Å²) < 4.78 is 0. The fourth-order valence-corrected chi connectivity index (χ4v) is 3.38. The van der Waals surface area contributed by atoms with Crippen molar-refractivity contribution in [1.82, 2.24) is 0 Å². The number of carbonyl (C=O) groups excluding carboxylic acids is 1. The van der Waals surface area contributed by atoms with Crippen molar-refractivity contribution in [2.24, 2.45) is 5.92 Å². The maximum absolute atomic E-state index is 11.8. The van der Waals surface area contributed by atoms with E-state index in [0.717, 1.165) is 18.4 Å². The minimum Gasteiger partial charge on any atom is -0.293 e. The van der Waals surface area contributed by atoms with Crippen LogP contribution in [0.5, 0.6) is 0 Å². The molecule has 0 radical (unpaired) electrons. The lowest BCUT2D eigenvalue weighted by Crippen LogP contribution is -2.07. The third kappa shape index (κ3) is 1.91. The first-order chi connectivity index (χ1) is 8.25. The highest BCUT2D eigenvalue weighted by atomic mass is 79.9. The summed E-state index contributed by atoms with van der Waals surface area (Å²) in [7, 11) is 0. The Morgan fingerprint density at radius 1 is 1.12 bits per heavy atom. The molecule has 0 heterocycles. The van der Waals surface area contributed by atoms with Gasteiger partial charge in [0.2, 0.25) is 0 Å². The van der Waals surface area contributed by atoms with Gasteiger partial charge in [0, 0.05) is 0 Å². The lowest BCUT2D eigenvalue weighted by molar-refractivity contribution is -0.114. The second-order valence-corrected chi connectivity index (χ2v) is 5.75. The van der Waals surface area contributed by atoms with E-state index in [-0.39, 0.29) is 10.6 Å². The van der Waals surface area contributed by atoms with Crippen molar-refractivity contribution in [3.8, 4) is 0 Å². The molecule has 0 aromatic heterocycles. The van der Waals surface area contributed by atoms with Gasteiger partial charge in [0.25, 0.3) is 0 Å². The van der Waals surface area contributed by atoms with Crippen molar-refractivity contribution in [2.45, 2.75) is 17.7 Å². The third-order valence-electron chi connectivity index (χ3n) is 3.58. The average Bonchev–Trinajstić information content (AvgIpc) is 2.66. The molecule has 2 unspecified atom stereocenters. The van der Waals surface area contributed by atoms with Gasteiger partial charge in [-0.2, -0.15) is 0 Å². The zero-order valence-electron chi connectivity index (χ0n) is 9.40. The highest BCUT2D eigenvalue weighted by Crippen LogP contribution is 2.41. The summed E-state index contributed by atoms with van der Waals surface area (Å²) in [5, 5.41) is 0. The van der Waals surface area contributed by atoms with Gasteiger partial charge in [0.05, 0.1) is 4.83 Å². The molecule has 0 amide bonds. The first kappa shape index (κ1) is 11.0. The quantitative estimate of drug-likeness (QED) is 0.720. The molecule has 0 bridgehead atoms. The van der Waals surface area contributed by atoms with Gasteiger partial charge < -0.3 is 0 Å². The van der Waals surface area contributed by atoms with E-state index in [0.29, 0.717) is 5.92 Å². The maximum Gasteiger partial charge on any atom is 0.172 e. The van der Waals surface area contributed by atoms with Crippen LogP contribution in [-0.4, -0.2) is 10.6 Å². The predicted molar refractivity (Wildman–Crippen MR) is 72.9 cm³/mol. The number of benzene rings is 1. The SMILES string of the molecule is O=C1C2=CC=C(c3ccccc3)CC2CC1Br. The number of hydrogen-bond donors (Lipinski definition) is 0. The number of fused-ring (bicyclic) bond motifs is 1. The molecule has 1 aromatic carbocycles. The average molecular weight is 289 g/mol. The fraction of sp³-hybridized carbons (Fsp3) is 0.267. The number of halogens is 1. The standard InChI is InChI=1S/C15H13BrO/c16-14-9-12-8-11(6-7-13(12)15(14)17)10-4-2-1-3-5-10/h1-7,12,14H,8-9H2. The fourth-order valence-electron chi connectivity index (χ4n) is 2.67. The van der Waals surface area contributed by atoms with Crippen LogP contribution in [0.1, 0.15) is 18.4 Å². The van der Waals surface area contributed by atoms with Gasteiger partial charge in [0.15, 0.2) is 5.78 Å². The van der Waals surface area contributed by atoms with Crippen molar-refractivity contribution in [3.05, 3.63) is 53.6 Å². The Kier molecular flexibility index (Phi) is 2.75. The molecule has 0 saturated heterocycles. The molecule has 1 aromatic rings. The Morgan fingerprint density at radius 3 is 2.65 bits per heavy atom. The van der Waals surface area contributed by atoms with Crippen LogP contribution in [0.2, 0.25) is 0 Å². The van der Waals surface area contributed by atoms with Gasteiger partial charge >= 0.3 is 0 Å². The minimum atomic E-state index is 0.0299. The Labute approximate surface area is 109 Å². The van der Waals surface area contributed by atoms with Crippen molar-refractivity contribution in [1.29, 1.82) is 0 Å². The van der Waals surface area contributed by atoms with E-state index in [1.165, 1.54) is 11.1 Å². The smallest absolute Gasteiger partial charge is 0.172 e. The van der Waals surface area contributed by atoms with E-state index in [9.17, 15) is 4.79 Å². The van der Waals surface area contributed by atoms with Crippen molar-refractivity contribution in [3.63, 3.8) is 0 Å². The van der Waals surface area contributed by atoms with E-state index in [4.69, 9.17) is 0 Å². The molecule has 1 fully saturated rings. The molecule has 1 saturated carbocycles. The summed E-state index contributed by atoms with van der Waals surface area (Å²) in [4.78, 5) is 11.9. The largest absolute Gasteiger partial charge is 0.293 e. The van der Waals surface area contributed by atoms with Crippen LogP contribution in [0, 0.1) is 5.92 Å². The topological polar surface area (TPSA) is 17.1 Å². The van der Waals surface area contributed by atoms with E-state index < -0.39 is 0 Å². The molecule has 2 heteroatoms. The van der Waals surface area contributed by atoms with Crippen LogP contribution in [0.15, 0.2) is 48.1 Å². The summed E-state index contributed by atoms with van der Waals surface area (Å²) in [6, 6.07) is 10.4. The third-order valence-corrected chi connectivity index (χ3v) is 4.36. The van der Waals surface area contributed by atoms with E-state index in [2.05, 4.69) is 46.3 Å². The first-order valence-electron chi connectivity index (χ1n) is 5.90. The van der Waals surface area contributed by atoms with Gasteiger partial charge in [0.1, 0.15) is 0 Å². The Morgan fingerprint density at radius 2 is 1.88 bits per heavy atom. The lowest BCUT2D eigenvalue weighted by atomic mass is 9.86. The first-order valence-corrected chi connectivity index (χ1v) is 6.82. The molecule has 0 spiro atoms. The number of allylic oxidation sites excluding steroid dienone is 4. The van der Waals surface area contributed by atoms with Crippen molar-refractivity contribution < 1.29 is 4.79 Å². The second-order valence-electron chi connectivity index (χ2n) is 4.65. The van der Waals surface area contributed by atoms with E-state index in [1.54, 1.807) is 0 Å². The van der Waals surface area contributed by atoms with Gasteiger partial charge in [-0.15, -0.1) is 0 Å². The van der Waals surface area contributed by atoms with Gasteiger partial charge in [-0.05, 0) is 35.5 Å². The van der Waals surface area contributed by atoms with Gasteiger partial charge in [-0.25, -0.2) is 0 Å². The molecule has 2 aliphatic carbocycles. The van der Waals surface area contributed by atoms with Crippen LogP contribution < -0.4 is 0 Å². The van der Waals surface area contributed by atoms with E-state index in [1.807, 2.05) is 12.1 Å². The molecule has 2 atom stereocenters. The van der Waals surface area contributed by atoms with Crippen LogP contribution in [-0.2, 0) is 4.79 Å². The molecule has 2 aliphatic rings. The molecule has 1 nitrogen and oxygen atoms in total. The second kappa shape index (κ2) is 4.26. The summed E-state index contributed by atoms with van der Waals surface area (Å²) in [5.41, 5.74) is 3.62. The molecule has 86 valence electrons. The minimum absolute atomic E-state index is 0.0299. The van der Waals surface area contributed by atoms with Gasteiger partial charge in [-0.1, -0.05) is 58.4 Å². The highest BCUT2D eigenvalue weighted by Gasteiger charge is 2.37. The van der Waals surface area contributed by atoms with Crippen LogP contribution >= 0.6 is 15.9 Å². The molecule has 17 heavy (non-hydrogen) atoms. The number of rotatable bonds is 1. The predicted octanol–water partition coefficient (Wildman–Crippen LogP) is 3.75. The van der Waals surface area contributed by atoms with Crippen molar-refractivity contribution >= 4 is 27.3 Å². The summed E-state index contributed by atoms with van der Waals surface area (Å²) >= 11 is 3.46. The molecular weight excluding hydrogens is 276 g/mol. The molecule has 3 rings (SSSR count). The zero-order chi connectivity index (χ0) is 11.8. The number of Topliss-reactive ketones (excluding diaryl/α,β-unsaturated/α-hetero) is 1. The molecular formula is C15H13BrO. The number of alkyl halides is 1. The highest BCUT2D eigenvalue weighted by molar-refractivity contribution is 9.10. The normalized spacial score (nSPS) is 27.5. The molecule has 0 aliphatic heterocycles. The Hall–Kier alpha value is -1.15. The Bertz CT molecular complexity index is 513. The zero-order valence-corrected chi connectivity index (χ0v) is 11.0. The summed E-state index contributed by atoms with van der Waals surface area (Å²) in [5.74, 6) is 0.686.